The molecule has 4 rings (SSSR count). The first kappa shape index (κ1) is 15.8. The van der Waals surface area contributed by atoms with Crippen LogP contribution in [0.5, 0.6) is 0 Å². The van der Waals surface area contributed by atoms with Gasteiger partial charge in [0.05, 0.1) is 22.1 Å². The van der Waals surface area contributed by atoms with Gasteiger partial charge >= 0.3 is 0 Å². The van der Waals surface area contributed by atoms with E-state index in [0.29, 0.717) is 23.7 Å². The van der Waals surface area contributed by atoms with E-state index < -0.39 is 0 Å². The van der Waals surface area contributed by atoms with Crippen molar-refractivity contribution in [3.8, 4) is 0 Å². The molecule has 2 aromatic carbocycles. The van der Waals surface area contributed by atoms with E-state index in [1.54, 1.807) is 11.6 Å². The number of aromatic nitrogens is 1. The largest absolute Gasteiger partial charge is 0.353 e. The Morgan fingerprint density at radius 2 is 1.92 bits per heavy atom. The minimum absolute atomic E-state index is 0.0529. The molecule has 6 heteroatoms. The van der Waals surface area contributed by atoms with Gasteiger partial charge in [0.15, 0.2) is 0 Å². The van der Waals surface area contributed by atoms with Crippen LogP contribution in [0, 0.1) is 0 Å². The Hall–Kier alpha value is -2.73. The van der Waals surface area contributed by atoms with Crippen molar-refractivity contribution in [1.82, 2.24) is 10.3 Å². The zero-order valence-corrected chi connectivity index (χ0v) is 14.3. The molecular weight excluding hydrogens is 334 g/mol. The lowest BCUT2D eigenvalue weighted by molar-refractivity contribution is -0.120. The maximum atomic E-state index is 12.4. The fraction of sp³-hybridized carbons (Fsp3) is 0.211. The molecule has 0 aliphatic heterocycles. The number of hydrogen-bond acceptors (Lipinski definition) is 4. The van der Waals surface area contributed by atoms with Crippen molar-refractivity contribution in [3.05, 3.63) is 59.1 Å². The van der Waals surface area contributed by atoms with E-state index in [1.807, 2.05) is 36.4 Å². The molecular formula is C19H17N3O2S. The maximum absolute atomic E-state index is 12.4. The van der Waals surface area contributed by atoms with Gasteiger partial charge in [0.1, 0.15) is 0 Å². The van der Waals surface area contributed by atoms with Crippen molar-refractivity contribution < 1.29 is 9.59 Å². The van der Waals surface area contributed by atoms with Gasteiger partial charge in [0.25, 0.3) is 5.91 Å². The van der Waals surface area contributed by atoms with Crippen LogP contribution in [0.25, 0.3) is 10.2 Å². The first-order valence-corrected chi connectivity index (χ1v) is 9.08. The zero-order valence-electron chi connectivity index (χ0n) is 13.5. The number of carbonyl (C=O) groups is 2. The van der Waals surface area contributed by atoms with Gasteiger partial charge in [-0.3, -0.25) is 9.59 Å². The van der Waals surface area contributed by atoms with Gasteiger partial charge in [0, 0.05) is 17.3 Å². The lowest BCUT2D eigenvalue weighted by Crippen LogP contribution is -2.26. The molecule has 1 fully saturated rings. The highest BCUT2D eigenvalue weighted by molar-refractivity contribution is 7.16. The van der Waals surface area contributed by atoms with Crippen LogP contribution in [-0.4, -0.2) is 22.8 Å². The third-order valence-corrected chi connectivity index (χ3v) is 4.90. The lowest BCUT2D eigenvalue weighted by atomic mass is 10.1. The fourth-order valence-corrected chi connectivity index (χ4v) is 3.31. The first-order valence-electron chi connectivity index (χ1n) is 8.20. The topological polar surface area (TPSA) is 71.1 Å². The number of amides is 2. The number of nitrogens with one attached hydrogen (secondary N) is 2. The molecule has 1 aromatic heterocycles. The molecule has 0 unspecified atom stereocenters. The average molecular weight is 351 g/mol. The Morgan fingerprint density at radius 1 is 1.12 bits per heavy atom. The number of rotatable bonds is 5. The van der Waals surface area contributed by atoms with Crippen molar-refractivity contribution in [1.29, 1.82) is 0 Å². The number of nitrogens with zero attached hydrogens (tertiary/aromatic N) is 1. The van der Waals surface area contributed by atoms with Crippen molar-refractivity contribution in [2.75, 3.05) is 5.32 Å². The van der Waals surface area contributed by atoms with E-state index in [2.05, 4.69) is 15.6 Å². The third-order valence-electron chi connectivity index (χ3n) is 4.11. The molecule has 1 aliphatic rings. The van der Waals surface area contributed by atoms with Crippen LogP contribution in [-0.2, 0) is 11.2 Å². The summed E-state index contributed by atoms with van der Waals surface area (Å²) in [6.45, 7) is 0. The Labute approximate surface area is 149 Å². The summed E-state index contributed by atoms with van der Waals surface area (Å²) in [5.74, 6) is -0.105. The van der Waals surface area contributed by atoms with Crippen molar-refractivity contribution in [2.24, 2.45) is 0 Å². The summed E-state index contributed by atoms with van der Waals surface area (Å²) >= 11 is 1.51. The van der Waals surface area contributed by atoms with E-state index in [9.17, 15) is 9.59 Å². The Balaban J connectivity index is 1.39. The van der Waals surface area contributed by atoms with Gasteiger partial charge in [-0.25, -0.2) is 4.98 Å². The van der Waals surface area contributed by atoms with Crippen molar-refractivity contribution in [3.63, 3.8) is 0 Å². The molecule has 0 radical (unpaired) electrons. The van der Waals surface area contributed by atoms with Crippen LogP contribution in [0.2, 0.25) is 0 Å². The number of benzene rings is 2. The first-order chi connectivity index (χ1) is 12.2. The SMILES string of the molecule is O=C(Cc1ccc(NC(=O)c2ccc3ncsc3c2)cc1)NC1CC1. The second kappa shape index (κ2) is 6.64. The molecule has 0 atom stereocenters. The molecule has 1 saturated carbocycles. The summed E-state index contributed by atoms with van der Waals surface area (Å²) in [5.41, 5.74) is 4.91. The molecule has 5 nitrogen and oxygen atoms in total. The Bertz CT molecular complexity index is 929. The molecule has 0 saturated heterocycles. The number of fused-ring (bicyclic) bond motifs is 1. The van der Waals surface area contributed by atoms with E-state index in [4.69, 9.17) is 0 Å². The summed E-state index contributed by atoms with van der Waals surface area (Å²) in [7, 11) is 0. The summed E-state index contributed by atoms with van der Waals surface area (Å²) in [6, 6.07) is 13.2. The Kier molecular flexibility index (Phi) is 4.19. The van der Waals surface area contributed by atoms with Crippen LogP contribution in [0.3, 0.4) is 0 Å². The molecule has 2 N–H and O–H groups in total. The average Bonchev–Trinajstić information content (AvgIpc) is 3.29. The number of carbonyl (C=O) groups excluding carboxylic acids is 2. The van der Waals surface area contributed by atoms with Crippen LogP contribution >= 0.6 is 11.3 Å². The van der Waals surface area contributed by atoms with Gasteiger partial charge in [0.2, 0.25) is 5.91 Å². The highest BCUT2D eigenvalue weighted by atomic mass is 32.1. The molecule has 1 heterocycles. The molecule has 0 bridgehead atoms. The van der Waals surface area contributed by atoms with Crippen LogP contribution in [0.4, 0.5) is 5.69 Å². The quantitative estimate of drug-likeness (QED) is 0.740. The van der Waals surface area contributed by atoms with E-state index >= 15 is 0 Å². The minimum atomic E-state index is -0.158. The van der Waals surface area contributed by atoms with Crippen molar-refractivity contribution in [2.45, 2.75) is 25.3 Å². The highest BCUT2D eigenvalue weighted by Gasteiger charge is 2.23. The standard InChI is InChI=1S/C19H17N3O2S/c23-18(21-14-6-7-14)9-12-1-4-15(5-2-12)22-19(24)13-3-8-16-17(10-13)25-11-20-16/h1-5,8,10-11,14H,6-7,9H2,(H,21,23)(H,22,24). The molecule has 126 valence electrons. The molecule has 2 amide bonds. The molecule has 3 aromatic rings. The number of thiazole rings is 1. The van der Waals surface area contributed by atoms with Gasteiger partial charge in [-0.1, -0.05) is 12.1 Å². The molecule has 25 heavy (non-hydrogen) atoms. The lowest BCUT2D eigenvalue weighted by Gasteiger charge is -2.07. The Morgan fingerprint density at radius 3 is 2.68 bits per heavy atom. The normalized spacial score (nSPS) is 13.6. The minimum Gasteiger partial charge on any atom is -0.353 e. The van der Waals surface area contributed by atoms with Crippen LogP contribution in [0.1, 0.15) is 28.8 Å². The third kappa shape index (κ3) is 3.85. The summed E-state index contributed by atoms with van der Waals surface area (Å²) in [6.07, 6.45) is 2.54. The predicted octanol–water partition coefficient (Wildman–Crippen LogP) is 3.37. The second-order valence-corrected chi connectivity index (χ2v) is 7.09. The molecule has 0 spiro atoms. The van der Waals surface area contributed by atoms with E-state index in [-0.39, 0.29) is 11.8 Å². The summed E-state index contributed by atoms with van der Waals surface area (Å²) < 4.78 is 0.990. The summed E-state index contributed by atoms with van der Waals surface area (Å²) in [4.78, 5) is 28.4. The van der Waals surface area contributed by atoms with E-state index in [0.717, 1.165) is 28.6 Å². The van der Waals surface area contributed by atoms with Gasteiger partial charge in [-0.15, -0.1) is 11.3 Å². The van der Waals surface area contributed by atoms with Crippen LogP contribution in [0.15, 0.2) is 48.0 Å². The van der Waals surface area contributed by atoms with Gasteiger partial charge in [-0.2, -0.15) is 0 Å². The number of hydrogen-bond donors (Lipinski definition) is 2. The zero-order chi connectivity index (χ0) is 17.2. The van der Waals surface area contributed by atoms with Crippen LogP contribution < -0.4 is 10.6 Å². The second-order valence-electron chi connectivity index (χ2n) is 6.20. The smallest absolute Gasteiger partial charge is 0.255 e. The van der Waals surface area contributed by atoms with E-state index in [1.165, 1.54) is 11.3 Å². The number of anilines is 1. The fourth-order valence-electron chi connectivity index (χ4n) is 2.60. The summed E-state index contributed by atoms with van der Waals surface area (Å²) in [5, 5.41) is 5.85. The van der Waals surface area contributed by atoms with Crippen molar-refractivity contribution >= 4 is 39.1 Å². The monoisotopic (exact) mass is 351 g/mol. The highest BCUT2D eigenvalue weighted by Crippen LogP contribution is 2.21. The maximum Gasteiger partial charge on any atom is 0.255 e. The predicted molar refractivity (Wildman–Crippen MR) is 98.9 cm³/mol. The molecule has 1 aliphatic carbocycles. The van der Waals surface area contributed by atoms with Gasteiger partial charge < -0.3 is 10.6 Å². The van der Waals surface area contributed by atoms with Gasteiger partial charge in [-0.05, 0) is 48.7 Å².